The Kier molecular flexibility index (Phi) is 13.8. The summed E-state index contributed by atoms with van der Waals surface area (Å²) in [6.07, 6.45) is 8.86. The summed E-state index contributed by atoms with van der Waals surface area (Å²) in [5.41, 5.74) is 1.10. The lowest BCUT2D eigenvalue weighted by molar-refractivity contribution is -0.159. The van der Waals surface area contributed by atoms with Gasteiger partial charge in [-0.25, -0.2) is 10.0 Å². The van der Waals surface area contributed by atoms with E-state index in [0.717, 1.165) is 69.5 Å². The molecule has 0 N–H and O–H groups in total. The molecule has 1 aromatic carbocycles. The number of carbonyl (C=O) groups excluding carboxylic acids is 3. The van der Waals surface area contributed by atoms with Crippen molar-refractivity contribution < 1.29 is 14.4 Å². The van der Waals surface area contributed by atoms with Gasteiger partial charge in [0.15, 0.2) is 6.04 Å². The molecule has 0 spiro atoms. The number of benzene rings is 1. The number of rotatable bonds is 16. The monoisotopic (exact) mass is 564 g/mol. The van der Waals surface area contributed by atoms with Gasteiger partial charge in [-0.3, -0.25) is 14.4 Å². The fourth-order valence-corrected chi connectivity index (χ4v) is 5.17. The quantitative estimate of drug-likeness (QED) is 0.164. The Morgan fingerprint density at radius 2 is 1.61 bits per heavy atom. The number of hydrogen-bond acceptors (Lipinski definition) is 7. The molecule has 0 aliphatic carbocycles. The summed E-state index contributed by atoms with van der Waals surface area (Å²) in [5.74, 6) is -0.363. The molecule has 1 heterocycles. The average molecular weight is 565 g/mol. The second-order valence-corrected chi connectivity index (χ2v) is 11.2. The number of imide groups is 1. The summed E-state index contributed by atoms with van der Waals surface area (Å²) in [4.78, 5) is 41.6. The zero-order valence-electron chi connectivity index (χ0n) is 26.0. The topological polar surface area (TPSA) is 109 Å². The van der Waals surface area contributed by atoms with E-state index in [2.05, 4.69) is 37.9 Å². The van der Waals surface area contributed by atoms with Crippen LogP contribution in [0.2, 0.25) is 0 Å². The van der Waals surface area contributed by atoms with Crippen molar-refractivity contribution in [1.82, 2.24) is 14.9 Å². The second kappa shape index (κ2) is 16.8. The van der Waals surface area contributed by atoms with Crippen LogP contribution in [-0.4, -0.2) is 65.9 Å². The van der Waals surface area contributed by atoms with E-state index in [1.807, 2.05) is 11.0 Å². The third kappa shape index (κ3) is 9.06. The van der Waals surface area contributed by atoms with Crippen LogP contribution in [0.25, 0.3) is 0 Å². The van der Waals surface area contributed by atoms with E-state index in [1.54, 1.807) is 45.3 Å². The maximum atomic E-state index is 13.9. The number of nitrogens with zero attached hydrogens (tertiary/aromatic N) is 6. The maximum absolute atomic E-state index is 13.9. The number of hydrazine groups is 1. The first kappa shape index (κ1) is 33.8. The Bertz CT molecular complexity index is 1130. The van der Waals surface area contributed by atoms with Gasteiger partial charge in [-0.2, -0.15) is 15.5 Å². The first-order valence-electron chi connectivity index (χ1n) is 15.1. The average Bonchev–Trinajstić information content (AvgIpc) is 2.96. The molecule has 3 unspecified atom stereocenters. The molecule has 1 aromatic rings. The highest BCUT2D eigenvalue weighted by Crippen LogP contribution is 2.26. The van der Waals surface area contributed by atoms with Gasteiger partial charge in [-0.1, -0.05) is 72.3 Å². The van der Waals surface area contributed by atoms with Crippen LogP contribution in [0.3, 0.4) is 0 Å². The Labute approximate surface area is 246 Å². The summed E-state index contributed by atoms with van der Waals surface area (Å²) in [6.45, 7) is 11.8. The van der Waals surface area contributed by atoms with Crippen molar-refractivity contribution >= 4 is 23.4 Å². The highest BCUT2D eigenvalue weighted by Gasteiger charge is 2.41. The van der Waals surface area contributed by atoms with E-state index < -0.39 is 17.9 Å². The molecule has 0 saturated carbocycles. The number of hydrogen-bond donors (Lipinski definition) is 0. The van der Waals surface area contributed by atoms with Crippen molar-refractivity contribution in [2.24, 2.45) is 22.1 Å². The summed E-state index contributed by atoms with van der Waals surface area (Å²) in [6, 6.07) is 7.78. The van der Waals surface area contributed by atoms with Crippen molar-refractivity contribution in [3.05, 3.63) is 41.0 Å². The van der Waals surface area contributed by atoms with Crippen LogP contribution in [-0.2, 0) is 9.59 Å². The van der Waals surface area contributed by atoms with Crippen LogP contribution < -0.4 is 0 Å². The van der Waals surface area contributed by atoms with Crippen molar-refractivity contribution in [2.45, 2.75) is 92.0 Å². The zero-order chi connectivity index (χ0) is 30.5. The molecule has 3 amide bonds. The molecule has 1 aliphatic heterocycles. The molecule has 1 aliphatic rings. The van der Waals surface area contributed by atoms with Gasteiger partial charge in [0, 0.05) is 32.7 Å². The highest BCUT2D eigenvalue weighted by molar-refractivity contribution is 6.12. The Morgan fingerprint density at radius 1 is 1.02 bits per heavy atom. The van der Waals surface area contributed by atoms with Gasteiger partial charge in [-0.15, -0.1) is 0 Å². The molecular formula is C32H48N6O3. The molecule has 9 nitrogen and oxygen atoms in total. The van der Waals surface area contributed by atoms with Gasteiger partial charge in [0.1, 0.15) is 11.6 Å². The Morgan fingerprint density at radius 3 is 2.10 bits per heavy atom. The van der Waals surface area contributed by atoms with Crippen LogP contribution >= 0.6 is 0 Å². The minimum atomic E-state index is -1.10. The lowest BCUT2D eigenvalue weighted by atomic mass is 9.95. The summed E-state index contributed by atoms with van der Waals surface area (Å²) in [5, 5.41) is 20.3. The standard InChI is InChI=1S/C32H48N6O3/c1-8-12-15-24(10-3)21-37(22-25(11-4)16-13-9-2)30(39)26-17-14-18-27(19-26)34-35-29-23(5)28(20-33)31(40)38(32(29)41)36(6)7/h14,17-19,24-25,29H,8-13,15-16,21-22H2,1-7H3/b35-34+. The largest absolute Gasteiger partial charge is 0.338 e. The normalized spacial score (nSPS) is 17.3. The first-order chi connectivity index (χ1) is 19.6. The summed E-state index contributed by atoms with van der Waals surface area (Å²) < 4.78 is 0. The number of amides is 3. The van der Waals surface area contributed by atoms with E-state index in [9.17, 15) is 19.6 Å². The van der Waals surface area contributed by atoms with Crippen LogP contribution in [0, 0.1) is 23.2 Å². The van der Waals surface area contributed by atoms with E-state index >= 15 is 0 Å². The third-order valence-corrected chi connectivity index (χ3v) is 7.88. The van der Waals surface area contributed by atoms with Crippen LogP contribution in [0.4, 0.5) is 5.69 Å². The maximum Gasteiger partial charge on any atom is 0.285 e. The summed E-state index contributed by atoms with van der Waals surface area (Å²) in [7, 11) is 3.11. The number of nitriles is 1. The predicted octanol–water partition coefficient (Wildman–Crippen LogP) is 6.70. The van der Waals surface area contributed by atoms with Crippen molar-refractivity contribution in [3.8, 4) is 6.07 Å². The van der Waals surface area contributed by atoms with E-state index in [-0.39, 0.29) is 17.1 Å². The number of unbranched alkanes of at least 4 members (excludes halogenated alkanes) is 2. The van der Waals surface area contributed by atoms with E-state index in [4.69, 9.17) is 0 Å². The smallest absolute Gasteiger partial charge is 0.285 e. The number of carbonyl (C=O) groups is 3. The SMILES string of the molecule is CCCCC(CC)CN(CC(CC)CCCC)C(=O)c1cccc(/N=N/C2C(=O)N(N(C)C)C(=O)C(C#N)=C2C)c1. The lowest BCUT2D eigenvalue weighted by Crippen LogP contribution is -2.54. The van der Waals surface area contributed by atoms with Gasteiger partial charge in [0.2, 0.25) is 0 Å². The Hall–Kier alpha value is -3.38. The van der Waals surface area contributed by atoms with E-state index in [0.29, 0.717) is 23.1 Å². The third-order valence-electron chi connectivity index (χ3n) is 7.88. The minimum Gasteiger partial charge on any atom is -0.338 e. The van der Waals surface area contributed by atoms with Gasteiger partial charge >= 0.3 is 0 Å². The summed E-state index contributed by atoms with van der Waals surface area (Å²) >= 11 is 0. The van der Waals surface area contributed by atoms with Gasteiger partial charge < -0.3 is 4.90 Å². The van der Waals surface area contributed by atoms with Crippen LogP contribution in [0.5, 0.6) is 0 Å². The molecule has 0 saturated heterocycles. The minimum absolute atomic E-state index is 0.0205. The van der Waals surface area contributed by atoms with E-state index in [1.165, 1.54) is 5.01 Å². The highest BCUT2D eigenvalue weighted by atomic mass is 16.2. The molecule has 224 valence electrons. The molecule has 0 bridgehead atoms. The van der Waals surface area contributed by atoms with Gasteiger partial charge in [0.05, 0.1) is 5.69 Å². The van der Waals surface area contributed by atoms with Crippen LogP contribution in [0.1, 0.15) is 96.3 Å². The molecule has 9 heteroatoms. The Balaban J connectivity index is 2.37. The zero-order valence-corrected chi connectivity index (χ0v) is 26.0. The predicted molar refractivity (Wildman–Crippen MR) is 161 cm³/mol. The molecule has 3 atom stereocenters. The van der Waals surface area contributed by atoms with Crippen LogP contribution in [0.15, 0.2) is 45.6 Å². The van der Waals surface area contributed by atoms with Gasteiger partial charge in [-0.05, 0) is 55.4 Å². The van der Waals surface area contributed by atoms with Crippen molar-refractivity contribution in [2.75, 3.05) is 27.2 Å². The fourth-order valence-electron chi connectivity index (χ4n) is 5.17. The van der Waals surface area contributed by atoms with Crippen molar-refractivity contribution in [1.29, 1.82) is 5.26 Å². The first-order valence-corrected chi connectivity index (χ1v) is 15.1. The second-order valence-electron chi connectivity index (χ2n) is 11.2. The molecule has 2 rings (SSSR count). The van der Waals surface area contributed by atoms with Gasteiger partial charge in [0.25, 0.3) is 17.7 Å². The fraction of sp³-hybridized carbons (Fsp3) is 0.625. The molecule has 0 fully saturated rings. The molecule has 0 aromatic heterocycles. The molecule has 41 heavy (non-hydrogen) atoms. The molecule has 0 radical (unpaired) electrons. The van der Waals surface area contributed by atoms with Crippen molar-refractivity contribution in [3.63, 3.8) is 0 Å². The lowest BCUT2D eigenvalue weighted by Gasteiger charge is -2.32. The number of azo groups is 1. The molecular weight excluding hydrogens is 516 g/mol.